The highest BCUT2D eigenvalue weighted by molar-refractivity contribution is 5.20. The number of hydrogen-bond acceptors (Lipinski definition) is 1. The second-order valence-corrected chi connectivity index (χ2v) is 5.65. The summed E-state index contributed by atoms with van der Waals surface area (Å²) in [7, 11) is 0. The number of rotatable bonds is 3. The van der Waals surface area contributed by atoms with E-state index in [0.717, 1.165) is 31.7 Å². The lowest BCUT2D eigenvalue weighted by atomic mass is 9.70. The van der Waals surface area contributed by atoms with E-state index in [1.165, 1.54) is 12.5 Å². The topological polar surface area (TPSA) is 20.2 Å². The van der Waals surface area contributed by atoms with Gasteiger partial charge >= 0.3 is 0 Å². The zero-order valence-electron chi connectivity index (χ0n) is 10.8. The summed E-state index contributed by atoms with van der Waals surface area (Å²) < 4.78 is 26.7. The van der Waals surface area contributed by atoms with Crippen LogP contribution in [-0.4, -0.2) is 11.2 Å². The molecular formula is C15H20F2O. The van der Waals surface area contributed by atoms with Crippen LogP contribution in [-0.2, 0) is 6.42 Å². The van der Waals surface area contributed by atoms with Gasteiger partial charge in [-0.15, -0.1) is 0 Å². The third-order valence-corrected chi connectivity index (χ3v) is 4.25. The van der Waals surface area contributed by atoms with Gasteiger partial charge in [-0.1, -0.05) is 38.3 Å². The lowest BCUT2D eigenvalue weighted by Crippen LogP contribution is -2.36. The smallest absolute Gasteiger partial charge is 0.162 e. The lowest BCUT2D eigenvalue weighted by molar-refractivity contribution is 0.00981. The Morgan fingerprint density at radius 1 is 1.22 bits per heavy atom. The van der Waals surface area contributed by atoms with Crippen LogP contribution < -0.4 is 0 Å². The molecule has 18 heavy (non-hydrogen) atoms. The Hall–Kier alpha value is -0.960. The normalized spacial score (nSPS) is 20.7. The molecule has 0 amide bonds. The average molecular weight is 254 g/mol. The lowest BCUT2D eigenvalue weighted by Gasteiger charge is -2.38. The molecule has 0 bridgehead atoms. The molecular weight excluding hydrogens is 234 g/mol. The standard InChI is InChI=1S/C15H20F2O/c1-15(8-3-2-4-9-15)13(18)10-11-6-5-7-12(16)14(11)17/h5-7,13,18H,2-4,8-10H2,1H3. The maximum Gasteiger partial charge on any atom is 0.162 e. The van der Waals surface area contributed by atoms with E-state index in [9.17, 15) is 13.9 Å². The molecule has 1 aliphatic carbocycles. The monoisotopic (exact) mass is 254 g/mol. The minimum atomic E-state index is -0.839. The summed E-state index contributed by atoms with van der Waals surface area (Å²) in [5.74, 6) is -1.66. The van der Waals surface area contributed by atoms with Crippen molar-refractivity contribution in [3.63, 3.8) is 0 Å². The van der Waals surface area contributed by atoms with E-state index in [4.69, 9.17) is 0 Å². The van der Waals surface area contributed by atoms with Crippen LogP contribution in [0.4, 0.5) is 8.78 Å². The molecule has 0 heterocycles. The highest BCUT2D eigenvalue weighted by Gasteiger charge is 2.34. The maximum atomic E-state index is 13.6. The Morgan fingerprint density at radius 2 is 1.89 bits per heavy atom. The van der Waals surface area contributed by atoms with Gasteiger partial charge in [0.05, 0.1) is 6.10 Å². The molecule has 1 atom stereocenters. The van der Waals surface area contributed by atoms with Gasteiger partial charge in [0, 0.05) is 6.42 Å². The summed E-state index contributed by atoms with van der Waals surface area (Å²) >= 11 is 0. The predicted molar refractivity (Wildman–Crippen MR) is 67.3 cm³/mol. The summed E-state index contributed by atoms with van der Waals surface area (Å²) in [6.45, 7) is 2.05. The first-order valence-electron chi connectivity index (χ1n) is 6.64. The van der Waals surface area contributed by atoms with Gasteiger partial charge in [-0.25, -0.2) is 8.78 Å². The van der Waals surface area contributed by atoms with E-state index in [0.29, 0.717) is 0 Å². The van der Waals surface area contributed by atoms with E-state index < -0.39 is 17.7 Å². The van der Waals surface area contributed by atoms with Gasteiger partial charge in [-0.3, -0.25) is 0 Å². The van der Waals surface area contributed by atoms with Crippen LogP contribution in [0.25, 0.3) is 0 Å². The number of aliphatic hydroxyl groups is 1. The molecule has 1 saturated carbocycles. The predicted octanol–water partition coefficient (Wildman–Crippen LogP) is 3.84. The van der Waals surface area contributed by atoms with Gasteiger partial charge < -0.3 is 5.11 Å². The zero-order valence-corrected chi connectivity index (χ0v) is 10.8. The van der Waals surface area contributed by atoms with Crippen molar-refractivity contribution in [2.75, 3.05) is 0 Å². The first-order valence-corrected chi connectivity index (χ1v) is 6.64. The van der Waals surface area contributed by atoms with Gasteiger partial charge in [-0.05, 0) is 29.9 Å². The summed E-state index contributed by atoms with van der Waals surface area (Å²) in [6.07, 6.45) is 4.94. The molecule has 0 aromatic heterocycles. The van der Waals surface area contributed by atoms with E-state index >= 15 is 0 Å². The SMILES string of the molecule is CC1(C(O)Cc2cccc(F)c2F)CCCCC1. The van der Waals surface area contributed by atoms with Gasteiger partial charge in [0.1, 0.15) is 0 Å². The fourth-order valence-electron chi connectivity index (χ4n) is 2.85. The Bertz CT molecular complexity index is 411. The summed E-state index contributed by atoms with van der Waals surface area (Å²) in [5, 5.41) is 10.3. The third kappa shape index (κ3) is 2.72. The summed E-state index contributed by atoms with van der Waals surface area (Å²) in [4.78, 5) is 0. The average Bonchev–Trinajstić information content (AvgIpc) is 2.36. The first-order chi connectivity index (χ1) is 8.53. The van der Waals surface area contributed by atoms with Crippen LogP contribution >= 0.6 is 0 Å². The van der Waals surface area contributed by atoms with Crippen molar-refractivity contribution < 1.29 is 13.9 Å². The number of aliphatic hydroxyl groups excluding tert-OH is 1. The quantitative estimate of drug-likeness (QED) is 0.869. The van der Waals surface area contributed by atoms with Crippen molar-refractivity contribution in [3.8, 4) is 0 Å². The highest BCUT2D eigenvalue weighted by Crippen LogP contribution is 2.40. The minimum absolute atomic E-state index is 0.156. The van der Waals surface area contributed by atoms with Crippen molar-refractivity contribution >= 4 is 0 Å². The van der Waals surface area contributed by atoms with Gasteiger partial charge in [0.25, 0.3) is 0 Å². The largest absolute Gasteiger partial charge is 0.392 e. The fourth-order valence-corrected chi connectivity index (χ4v) is 2.85. The first kappa shape index (κ1) is 13.5. The second kappa shape index (κ2) is 5.35. The molecule has 1 nitrogen and oxygen atoms in total. The molecule has 100 valence electrons. The van der Waals surface area contributed by atoms with E-state index in [-0.39, 0.29) is 17.4 Å². The molecule has 1 fully saturated rings. The number of benzene rings is 1. The van der Waals surface area contributed by atoms with Crippen molar-refractivity contribution in [1.82, 2.24) is 0 Å². The van der Waals surface area contributed by atoms with E-state index in [1.54, 1.807) is 6.07 Å². The van der Waals surface area contributed by atoms with Crippen LogP contribution in [0, 0.1) is 17.0 Å². The molecule has 1 aromatic carbocycles. The van der Waals surface area contributed by atoms with Crippen LogP contribution in [0.5, 0.6) is 0 Å². The number of hydrogen-bond donors (Lipinski definition) is 1. The van der Waals surface area contributed by atoms with Crippen LogP contribution in [0.1, 0.15) is 44.6 Å². The summed E-state index contributed by atoms with van der Waals surface area (Å²) in [5.41, 5.74) is 0.117. The molecule has 1 aliphatic rings. The summed E-state index contributed by atoms with van der Waals surface area (Å²) in [6, 6.07) is 4.14. The second-order valence-electron chi connectivity index (χ2n) is 5.65. The van der Waals surface area contributed by atoms with Crippen molar-refractivity contribution in [1.29, 1.82) is 0 Å². The minimum Gasteiger partial charge on any atom is -0.392 e. The van der Waals surface area contributed by atoms with Gasteiger partial charge in [0.15, 0.2) is 11.6 Å². The van der Waals surface area contributed by atoms with Gasteiger partial charge in [-0.2, -0.15) is 0 Å². The third-order valence-electron chi connectivity index (χ3n) is 4.25. The van der Waals surface area contributed by atoms with Crippen molar-refractivity contribution in [3.05, 3.63) is 35.4 Å². The molecule has 3 heteroatoms. The van der Waals surface area contributed by atoms with Crippen molar-refractivity contribution in [2.45, 2.75) is 51.6 Å². The Labute approximate surface area is 107 Å². The number of halogens is 2. The molecule has 0 radical (unpaired) electrons. The molecule has 1 aromatic rings. The van der Waals surface area contributed by atoms with E-state index in [1.807, 2.05) is 6.92 Å². The molecule has 1 N–H and O–H groups in total. The Morgan fingerprint density at radius 3 is 2.56 bits per heavy atom. The molecule has 1 unspecified atom stereocenters. The molecule has 2 rings (SSSR count). The Balaban J connectivity index is 2.10. The van der Waals surface area contributed by atoms with E-state index in [2.05, 4.69) is 0 Å². The maximum absolute atomic E-state index is 13.6. The molecule has 0 aliphatic heterocycles. The van der Waals surface area contributed by atoms with Gasteiger partial charge in [0.2, 0.25) is 0 Å². The molecule has 0 saturated heterocycles. The zero-order chi connectivity index (χ0) is 13.2. The van der Waals surface area contributed by atoms with Crippen LogP contribution in [0.15, 0.2) is 18.2 Å². The highest BCUT2D eigenvalue weighted by atomic mass is 19.2. The Kier molecular flexibility index (Phi) is 4.00. The van der Waals surface area contributed by atoms with Crippen LogP contribution in [0.3, 0.4) is 0 Å². The van der Waals surface area contributed by atoms with Crippen LogP contribution in [0.2, 0.25) is 0 Å². The fraction of sp³-hybridized carbons (Fsp3) is 0.600. The van der Waals surface area contributed by atoms with Crippen molar-refractivity contribution in [2.24, 2.45) is 5.41 Å². The molecule has 0 spiro atoms.